The molecule has 1 saturated heterocycles. The molecule has 1 aromatic carbocycles. The summed E-state index contributed by atoms with van der Waals surface area (Å²) in [6.07, 6.45) is 6.73. The fourth-order valence-corrected chi connectivity index (χ4v) is 3.32. The molecule has 160 valence electrons. The SMILES string of the molecule is Cc1cc(Nc2ccc(NC(=O)COc3ncccn3)cc2)nc(N2CCCCC2)n1. The molecule has 0 radical (unpaired) electrons. The van der Waals surface area contributed by atoms with Crippen LogP contribution in [0.25, 0.3) is 0 Å². The van der Waals surface area contributed by atoms with E-state index in [1.165, 1.54) is 19.3 Å². The molecule has 0 atom stereocenters. The average Bonchev–Trinajstić information content (AvgIpc) is 2.80. The van der Waals surface area contributed by atoms with Gasteiger partial charge in [-0.1, -0.05) is 0 Å². The number of benzene rings is 1. The van der Waals surface area contributed by atoms with Crippen molar-refractivity contribution >= 4 is 29.0 Å². The Balaban J connectivity index is 1.34. The number of hydrogen-bond acceptors (Lipinski definition) is 8. The smallest absolute Gasteiger partial charge is 0.316 e. The third-order valence-corrected chi connectivity index (χ3v) is 4.80. The molecule has 0 unspecified atom stereocenters. The van der Waals surface area contributed by atoms with Gasteiger partial charge in [-0.15, -0.1) is 0 Å². The van der Waals surface area contributed by atoms with Gasteiger partial charge < -0.3 is 20.3 Å². The minimum Gasteiger partial charge on any atom is -0.453 e. The van der Waals surface area contributed by atoms with Gasteiger partial charge in [0.2, 0.25) is 5.95 Å². The van der Waals surface area contributed by atoms with Gasteiger partial charge in [0.05, 0.1) is 0 Å². The fourth-order valence-electron chi connectivity index (χ4n) is 3.32. The third-order valence-electron chi connectivity index (χ3n) is 4.80. The quantitative estimate of drug-likeness (QED) is 0.601. The summed E-state index contributed by atoms with van der Waals surface area (Å²) in [6, 6.07) is 11.2. The molecule has 2 N–H and O–H groups in total. The Morgan fingerprint density at radius 1 is 1.03 bits per heavy atom. The summed E-state index contributed by atoms with van der Waals surface area (Å²) >= 11 is 0. The van der Waals surface area contributed by atoms with Crippen LogP contribution < -0.4 is 20.3 Å². The number of nitrogens with one attached hydrogen (secondary N) is 2. The summed E-state index contributed by atoms with van der Waals surface area (Å²) < 4.78 is 5.25. The Morgan fingerprint density at radius 3 is 2.48 bits per heavy atom. The van der Waals surface area contributed by atoms with Gasteiger partial charge in [-0.2, -0.15) is 4.98 Å². The van der Waals surface area contributed by atoms with Crippen molar-refractivity contribution in [2.75, 3.05) is 35.2 Å². The Morgan fingerprint density at radius 2 is 1.74 bits per heavy atom. The van der Waals surface area contributed by atoms with E-state index < -0.39 is 0 Å². The monoisotopic (exact) mass is 419 g/mol. The van der Waals surface area contributed by atoms with Crippen molar-refractivity contribution in [2.24, 2.45) is 0 Å². The molecule has 0 aliphatic carbocycles. The Bertz CT molecular complexity index is 1010. The van der Waals surface area contributed by atoms with Crippen molar-refractivity contribution in [3.8, 4) is 6.01 Å². The van der Waals surface area contributed by atoms with Crippen molar-refractivity contribution in [3.63, 3.8) is 0 Å². The average molecular weight is 419 g/mol. The maximum Gasteiger partial charge on any atom is 0.316 e. The Kier molecular flexibility index (Phi) is 6.51. The van der Waals surface area contributed by atoms with E-state index in [4.69, 9.17) is 4.74 Å². The molecule has 2 aromatic heterocycles. The molecule has 0 saturated carbocycles. The lowest BCUT2D eigenvalue weighted by molar-refractivity contribution is -0.118. The van der Waals surface area contributed by atoms with Crippen LogP contribution in [0.5, 0.6) is 6.01 Å². The minimum absolute atomic E-state index is 0.163. The lowest BCUT2D eigenvalue weighted by atomic mass is 10.1. The first-order valence-corrected chi connectivity index (χ1v) is 10.3. The van der Waals surface area contributed by atoms with E-state index >= 15 is 0 Å². The number of ether oxygens (including phenoxy) is 1. The molecule has 0 bridgehead atoms. The highest BCUT2D eigenvalue weighted by Crippen LogP contribution is 2.22. The molecule has 9 nitrogen and oxygen atoms in total. The molecule has 3 aromatic rings. The zero-order chi connectivity index (χ0) is 21.5. The summed E-state index contributed by atoms with van der Waals surface area (Å²) in [7, 11) is 0. The molecule has 1 amide bonds. The summed E-state index contributed by atoms with van der Waals surface area (Å²) in [5.41, 5.74) is 2.46. The molecule has 1 fully saturated rings. The molecule has 4 rings (SSSR count). The number of carbonyl (C=O) groups is 1. The van der Waals surface area contributed by atoms with E-state index in [2.05, 4.69) is 35.5 Å². The largest absolute Gasteiger partial charge is 0.453 e. The molecular formula is C22H25N7O2. The molecular weight excluding hydrogens is 394 g/mol. The van der Waals surface area contributed by atoms with Gasteiger partial charge in [0, 0.05) is 48.6 Å². The van der Waals surface area contributed by atoms with E-state index in [0.717, 1.165) is 36.2 Å². The van der Waals surface area contributed by atoms with E-state index in [1.54, 1.807) is 18.5 Å². The Hall–Kier alpha value is -3.75. The van der Waals surface area contributed by atoms with Crippen LogP contribution in [-0.4, -0.2) is 45.5 Å². The van der Waals surface area contributed by atoms with Crippen LogP contribution >= 0.6 is 0 Å². The lowest BCUT2D eigenvalue weighted by Crippen LogP contribution is -2.31. The fraction of sp³-hybridized carbons (Fsp3) is 0.318. The highest BCUT2D eigenvalue weighted by Gasteiger charge is 2.14. The summed E-state index contributed by atoms with van der Waals surface area (Å²) in [4.78, 5) is 31.4. The molecule has 0 spiro atoms. The predicted molar refractivity (Wildman–Crippen MR) is 119 cm³/mol. The van der Waals surface area contributed by atoms with E-state index in [0.29, 0.717) is 5.69 Å². The maximum absolute atomic E-state index is 12.1. The van der Waals surface area contributed by atoms with Gasteiger partial charge in [-0.05, 0) is 56.5 Å². The van der Waals surface area contributed by atoms with Crippen LogP contribution in [-0.2, 0) is 4.79 Å². The number of nitrogens with zero attached hydrogens (tertiary/aromatic N) is 5. The number of hydrogen-bond donors (Lipinski definition) is 2. The third kappa shape index (κ3) is 5.88. The van der Waals surface area contributed by atoms with Crippen molar-refractivity contribution in [1.29, 1.82) is 0 Å². The number of aromatic nitrogens is 4. The number of piperidine rings is 1. The van der Waals surface area contributed by atoms with Crippen LogP contribution in [0.2, 0.25) is 0 Å². The molecule has 31 heavy (non-hydrogen) atoms. The number of rotatable bonds is 7. The van der Waals surface area contributed by atoms with Crippen molar-refractivity contribution in [2.45, 2.75) is 26.2 Å². The molecule has 9 heteroatoms. The minimum atomic E-state index is -0.286. The first-order chi connectivity index (χ1) is 15.2. The first-order valence-electron chi connectivity index (χ1n) is 10.3. The zero-order valence-corrected chi connectivity index (χ0v) is 17.4. The van der Waals surface area contributed by atoms with Gasteiger partial charge in [-0.3, -0.25) is 4.79 Å². The zero-order valence-electron chi connectivity index (χ0n) is 17.4. The number of anilines is 4. The van der Waals surface area contributed by atoms with Crippen LogP contribution in [0, 0.1) is 6.92 Å². The van der Waals surface area contributed by atoms with Gasteiger partial charge in [-0.25, -0.2) is 15.0 Å². The van der Waals surface area contributed by atoms with Crippen LogP contribution in [0.15, 0.2) is 48.8 Å². The summed E-state index contributed by atoms with van der Waals surface area (Å²) in [5, 5.41) is 6.10. The van der Waals surface area contributed by atoms with E-state index in [9.17, 15) is 4.79 Å². The van der Waals surface area contributed by atoms with Crippen LogP contribution in [0.4, 0.5) is 23.1 Å². The summed E-state index contributed by atoms with van der Waals surface area (Å²) in [6.45, 7) is 3.81. The van der Waals surface area contributed by atoms with Crippen molar-refractivity contribution in [1.82, 2.24) is 19.9 Å². The predicted octanol–water partition coefficient (Wildman–Crippen LogP) is 3.33. The topological polar surface area (TPSA) is 105 Å². The van der Waals surface area contributed by atoms with Crippen molar-refractivity contribution in [3.05, 3.63) is 54.5 Å². The number of amides is 1. The van der Waals surface area contributed by atoms with Crippen LogP contribution in [0.1, 0.15) is 25.0 Å². The maximum atomic E-state index is 12.1. The molecule has 3 heterocycles. The second-order valence-corrected chi connectivity index (χ2v) is 7.31. The highest BCUT2D eigenvalue weighted by atomic mass is 16.5. The normalized spacial score (nSPS) is 13.5. The standard InChI is InChI=1S/C22H25N7O2/c1-16-14-19(28-21(25-16)29-12-3-2-4-13-29)26-17-6-8-18(9-7-17)27-20(30)15-31-22-23-10-5-11-24-22/h5-11,14H,2-4,12-13,15H2,1H3,(H,27,30)(H,25,26,28). The van der Waals surface area contributed by atoms with E-state index in [-0.39, 0.29) is 18.5 Å². The molecule has 1 aliphatic heterocycles. The Labute approximate surface area is 180 Å². The highest BCUT2D eigenvalue weighted by molar-refractivity contribution is 5.92. The van der Waals surface area contributed by atoms with Gasteiger partial charge in [0.15, 0.2) is 6.61 Å². The van der Waals surface area contributed by atoms with Gasteiger partial charge in [0.25, 0.3) is 5.91 Å². The van der Waals surface area contributed by atoms with Crippen molar-refractivity contribution < 1.29 is 9.53 Å². The number of aryl methyl sites for hydroxylation is 1. The van der Waals surface area contributed by atoms with E-state index in [1.807, 2.05) is 37.3 Å². The van der Waals surface area contributed by atoms with Gasteiger partial charge >= 0.3 is 6.01 Å². The summed E-state index contributed by atoms with van der Waals surface area (Å²) in [5.74, 6) is 1.24. The molecule has 1 aliphatic rings. The number of carbonyl (C=O) groups excluding carboxylic acids is 1. The van der Waals surface area contributed by atoms with Gasteiger partial charge in [0.1, 0.15) is 5.82 Å². The second-order valence-electron chi connectivity index (χ2n) is 7.31. The lowest BCUT2D eigenvalue weighted by Gasteiger charge is -2.27. The van der Waals surface area contributed by atoms with Crippen LogP contribution in [0.3, 0.4) is 0 Å². The second kappa shape index (κ2) is 9.84. The first kappa shape index (κ1) is 20.5.